The minimum atomic E-state index is 0.183. The lowest BCUT2D eigenvalue weighted by Gasteiger charge is -1.86. The first-order valence-electron chi connectivity index (χ1n) is 2.26. The Bertz CT molecular complexity index is 61.1. The lowest BCUT2D eigenvalue weighted by Crippen LogP contribution is -1.84. The molecule has 2 heteroatoms. The Kier molecular flexibility index (Phi) is 4.20. The third kappa shape index (κ3) is 3.86. The highest BCUT2D eigenvalue weighted by Crippen LogP contribution is 2.02. The predicted molar refractivity (Wildman–Crippen MR) is 32.9 cm³/mol. The van der Waals surface area contributed by atoms with Crippen molar-refractivity contribution in [2.45, 2.75) is 19.8 Å². The van der Waals surface area contributed by atoms with Gasteiger partial charge in [-0.25, -0.2) is 0 Å². The Morgan fingerprint density at radius 2 is 2.43 bits per heavy atom. The molecule has 0 aromatic heterocycles. The SMILES string of the molecule is [CH2]SC(=O)CCC. The van der Waals surface area contributed by atoms with Gasteiger partial charge in [-0.05, 0) is 6.42 Å². The molecule has 0 aromatic rings. The smallest absolute Gasteiger partial charge is 0.188 e. The fourth-order valence-corrected chi connectivity index (χ4v) is 0.625. The van der Waals surface area contributed by atoms with Crippen molar-refractivity contribution >= 4 is 16.9 Å². The van der Waals surface area contributed by atoms with E-state index in [4.69, 9.17) is 0 Å². The molecule has 1 nitrogen and oxygen atoms in total. The quantitative estimate of drug-likeness (QED) is 0.549. The molecule has 41 valence electrons. The lowest BCUT2D eigenvalue weighted by molar-refractivity contribution is -0.110. The molecule has 0 N–H and O–H groups in total. The van der Waals surface area contributed by atoms with E-state index in [0.29, 0.717) is 6.42 Å². The summed E-state index contributed by atoms with van der Waals surface area (Å²) < 4.78 is 0. The van der Waals surface area contributed by atoms with Crippen molar-refractivity contribution in [1.29, 1.82) is 0 Å². The molecule has 0 aliphatic rings. The minimum Gasteiger partial charge on any atom is -0.287 e. The highest BCUT2D eigenvalue weighted by atomic mass is 32.2. The van der Waals surface area contributed by atoms with E-state index in [1.165, 1.54) is 0 Å². The zero-order valence-electron chi connectivity index (χ0n) is 4.44. The second-order valence-electron chi connectivity index (χ2n) is 1.27. The zero-order valence-corrected chi connectivity index (χ0v) is 5.25. The van der Waals surface area contributed by atoms with E-state index in [2.05, 4.69) is 6.26 Å². The van der Waals surface area contributed by atoms with Crippen LogP contribution in [0.25, 0.3) is 0 Å². The molecule has 0 saturated carbocycles. The van der Waals surface area contributed by atoms with Crippen molar-refractivity contribution in [1.82, 2.24) is 0 Å². The molecule has 0 aromatic carbocycles. The molecule has 0 spiro atoms. The molecule has 1 radical (unpaired) electrons. The van der Waals surface area contributed by atoms with Gasteiger partial charge in [-0.1, -0.05) is 18.7 Å². The summed E-state index contributed by atoms with van der Waals surface area (Å²) in [7, 11) is 0. The van der Waals surface area contributed by atoms with E-state index in [0.717, 1.165) is 18.2 Å². The second kappa shape index (κ2) is 4.19. The first kappa shape index (κ1) is 7.02. The summed E-state index contributed by atoms with van der Waals surface area (Å²) in [6, 6.07) is 0. The van der Waals surface area contributed by atoms with Crippen LogP contribution < -0.4 is 0 Å². The van der Waals surface area contributed by atoms with Crippen LogP contribution >= 0.6 is 11.8 Å². The Balaban J connectivity index is 3.00. The van der Waals surface area contributed by atoms with Crippen molar-refractivity contribution < 1.29 is 4.79 Å². The van der Waals surface area contributed by atoms with Gasteiger partial charge in [0, 0.05) is 12.7 Å². The Hall–Kier alpha value is 0.0200. The van der Waals surface area contributed by atoms with Crippen LogP contribution in [0.4, 0.5) is 0 Å². The van der Waals surface area contributed by atoms with Crippen LogP contribution in [0.15, 0.2) is 0 Å². The van der Waals surface area contributed by atoms with Crippen molar-refractivity contribution in [3.63, 3.8) is 0 Å². The van der Waals surface area contributed by atoms with E-state index in [1.54, 1.807) is 0 Å². The van der Waals surface area contributed by atoms with Gasteiger partial charge in [-0.2, -0.15) is 0 Å². The zero-order chi connectivity index (χ0) is 5.70. The second-order valence-corrected chi connectivity index (χ2v) is 2.01. The van der Waals surface area contributed by atoms with E-state index in [1.807, 2.05) is 6.92 Å². The summed E-state index contributed by atoms with van der Waals surface area (Å²) in [4.78, 5) is 10.3. The molecule has 0 aliphatic heterocycles. The molecule has 0 bridgehead atoms. The van der Waals surface area contributed by atoms with Gasteiger partial charge in [0.25, 0.3) is 0 Å². The fraction of sp³-hybridized carbons (Fsp3) is 0.600. The van der Waals surface area contributed by atoms with Crippen LogP contribution in [-0.2, 0) is 4.79 Å². The number of hydrogen-bond donors (Lipinski definition) is 0. The van der Waals surface area contributed by atoms with Gasteiger partial charge in [0.1, 0.15) is 0 Å². The molecule has 0 amide bonds. The van der Waals surface area contributed by atoms with Crippen LogP contribution in [-0.4, -0.2) is 5.12 Å². The Morgan fingerprint density at radius 3 is 2.57 bits per heavy atom. The van der Waals surface area contributed by atoms with E-state index < -0.39 is 0 Å². The minimum absolute atomic E-state index is 0.183. The van der Waals surface area contributed by atoms with Crippen molar-refractivity contribution in [3.05, 3.63) is 6.26 Å². The maximum atomic E-state index is 10.3. The predicted octanol–water partition coefficient (Wildman–Crippen LogP) is 1.84. The average molecular weight is 117 g/mol. The molecule has 0 atom stereocenters. The van der Waals surface area contributed by atoms with Crippen LogP contribution in [0.2, 0.25) is 0 Å². The van der Waals surface area contributed by atoms with Gasteiger partial charge in [0.2, 0.25) is 0 Å². The molecular formula is C5H9OS. The maximum Gasteiger partial charge on any atom is 0.188 e. The van der Waals surface area contributed by atoms with Gasteiger partial charge >= 0.3 is 0 Å². The van der Waals surface area contributed by atoms with Gasteiger partial charge < -0.3 is 0 Å². The number of carbonyl (C=O) groups excluding carboxylic acids is 1. The van der Waals surface area contributed by atoms with E-state index in [-0.39, 0.29) is 5.12 Å². The monoisotopic (exact) mass is 117 g/mol. The number of rotatable bonds is 2. The number of carbonyl (C=O) groups is 1. The van der Waals surface area contributed by atoms with Crippen LogP contribution in [0.3, 0.4) is 0 Å². The topological polar surface area (TPSA) is 17.1 Å². The summed E-state index contributed by atoms with van der Waals surface area (Å²) in [6.45, 7) is 1.98. The summed E-state index contributed by atoms with van der Waals surface area (Å²) in [6.07, 6.45) is 4.96. The highest BCUT2D eigenvalue weighted by molar-refractivity contribution is 8.14. The largest absolute Gasteiger partial charge is 0.287 e. The number of hydrogen-bond acceptors (Lipinski definition) is 2. The lowest BCUT2D eigenvalue weighted by atomic mass is 10.4. The summed E-state index contributed by atoms with van der Waals surface area (Å²) in [5, 5.41) is 0.183. The Labute approximate surface area is 48.5 Å². The van der Waals surface area contributed by atoms with Gasteiger partial charge in [0.15, 0.2) is 5.12 Å². The summed E-state index contributed by atoms with van der Waals surface area (Å²) in [5.41, 5.74) is 0. The highest BCUT2D eigenvalue weighted by Gasteiger charge is 1.92. The fourth-order valence-electron chi connectivity index (χ4n) is 0.276. The van der Waals surface area contributed by atoms with Crippen LogP contribution in [0.1, 0.15) is 19.8 Å². The Morgan fingerprint density at radius 1 is 1.86 bits per heavy atom. The molecule has 0 heterocycles. The number of thioether (sulfide) groups is 1. The van der Waals surface area contributed by atoms with E-state index >= 15 is 0 Å². The molecule has 0 fully saturated rings. The first-order chi connectivity index (χ1) is 3.31. The maximum absolute atomic E-state index is 10.3. The molecule has 0 saturated heterocycles. The van der Waals surface area contributed by atoms with Gasteiger partial charge in [0.05, 0.1) is 0 Å². The third-order valence-corrected chi connectivity index (χ3v) is 1.14. The van der Waals surface area contributed by atoms with Crippen LogP contribution in [0.5, 0.6) is 0 Å². The molecular weight excluding hydrogens is 108 g/mol. The summed E-state index contributed by atoms with van der Waals surface area (Å²) in [5.74, 6) is 0. The van der Waals surface area contributed by atoms with E-state index in [9.17, 15) is 4.79 Å². The van der Waals surface area contributed by atoms with Crippen molar-refractivity contribution in [2.24, 2.45) is 0 Å². The van der Waals surface area contributed by atoms with Gasteiger partial charge in [-0.3, -0.25) is 4.79 Å². The summed E-state index contributed by atoms with van der Waals surface area (Å²) >= 11 is 1.06. The molecule has 7 heavy (non-hydrogen) atoms. The standard InChI is InChI=1S/C5H9OS/c1-3-4-5(6)7-2/h2-4H2,1H3. The van der Waals surface area contributed by atoms with Crippen molar-refractivity contribution in [3.8, 4) is 0 Å². The normalized spacial score (nSPS) is 8.86. The molecule has 0 aliphatic carbocycles. The van der Waals surface area contributed by atoms with Crippen LogP contribution in [0, 0.1) is 6.26 Å². The first-order valence-corrected chi connectivity index (χ1v) is 3.24. The molecule has 0 rings (SSSR count). The average Bonchev–Trinajstić information content (AvgIpc) is 1.68. The van der Waals surface area contributed by atoms with Crippen molar-refractivity contribution in [2.75, 3.05) is 0 Å². The van der Waals surface area contributed by atoms with Gasteiger partial charge in [-0.15, -0.1) is 0 Å². The molecule has 0 unspecified atom stereocenters. The third-order valence-electron chi connectivity index (χ3n) is 0.615.